The fourth-order valence-electron chi connectivity index (χ4n) is 4.76. The summed E-state index contributed by atoms with van der Waals surface area (Å²) in [6.07, 6.45) is 6.03. The molecule has 0 spiro atoms. The fourth-order valence-corrected chi connectivity index (χ4v) is 5.63. The molecule has 0 aliphatic heterocycles. The second-order valence-corrected chi connectivity index (χ2v) is 12.0. The molecule has 7 nitrogen and oxygen atoms in total. The summed E-state index contributed by atoms with van der Waals surface area (Å²) in [5.74, 6) is -1.39. The van der Waals surface area contributed by atoms with E-state index in [9.17, 15) is 22.4 Å². The van der Waals surface area contributed by atoms with Crippen LogP contribution in [0.5, 0.6) is 0 Å². The van der Waals surface area contributed by atoms with E-state index in [0.717, 1.165) is 48.2 Å². The molecule has 1 atom stereocenters. The maximum Gasteiger partial charge on any atom is 0.244 e. The molecule has 1 N–H and O–H groups in total. The molecule has 0 bridgehead atoms. The maximum absolute atomic E-state index is 14.6. The Kier molecular flexibility index (Phi) is 9.70. The van der Waals surface area contributed by atoms with Gasteiger partial charge in [0, 0.05) is 18.2 Å². The first-order chi connectivity index (χ1) is 17.5. The first-order valence-electron chi connectivity index (χ1n) is 12.9. The Bertz CT molecular complexity index is 1200. The van der Waals surface area contributed by atoms with E-state index in [1.165, 1.54) is 11.0 Å². The van der Waals surface area contributed by atoms with Crippen LogP contribution in [-0.2, 0) is 26.2 Å². The van der Waals surface area contributed by atoms with Crippen LogP contribution in [-0.4, -0.2) is 50.0 Å². The summed E-state index contributed by atoms with van der Waals surface area (Å²) in [5, 5.41) is 3.04. The van der Waals surface area contributed by atoms with E-state index in [-0.39, 0.29) is 30.0 Å². The minimum atomic E-state index is -3.84. The Morgan fingerprint density at radius 3 is 2.24 bits per heavy atom. The highest BCUT2D eigenvalue weighted by Gasteiger charge is 2.32. The van der Waals surface area contributed by atoms with Gasteiger partial charge in [-0.15, -0.1) is 0 Å². The number of nitrogens with zero attached hydrogens (tertiary/aromatic N) is 2. The van der Waals surface area contributed by atoms with Crippen LogP contribution < -0.4 is 9.62 Å². The standard InChI is InChI=1S/C28H38FN3O4S/c1-20(2)24-15-9-11-17-26(24)32(37(4,35)36)19-27(33)31(18-22-12-8-10-16-25(22)29)21(3)28(34)30-23-13-6-5-7-14-23/h8-12,15-17,20-21,23H,5-7,13-14,18-19H2,1-4H3,(H,30,34). The third-order valence-corrected chi connectivity index (χ3v) is 8.05. The van der Waals surface area contributed by atoms with Gasteiger partial charge in [0.15, 0.2) is 0 Å². The molecule has 202 valence electrons. The molecule has 3 rings (SSSR count). The molecule has 0 radical (unpaired) electrons. The van der Waals surface area contributed by atoms with Crippen LogP contribution >= 0.6 is 0 Å². The van der Waals surface area contributed by atoms with Crippen LogP contribution in [0.1, 0.15) is 69.9 Å². The Balaban J connectivity index is 1.93. The van der Waals surface area contributed by atoms with Crippen molar-refractivity contribution in [3.05, 3.63) is 65.5 Å². The molecule has 0 heterocycles. The number of nitrogens with one attached hydrogen (secondary N) is 1. The molecule has 2 amide bonds. The summed E-state index contributed by atoms with van der Waals surface area (Å²) in [7, 11) is -3.84. The van der Waals surface area contributed by atoms with Gasteiger partial charge in [0.1, 0.15) is 18.4 Å². The lowest BCUT2D eigenvalue weighted by Crippen LogP contribution is -2.53. The maximum atomic E-state index is 14.6. The molecule has 2 aromatic rings. The smallest absolute Gasteiger partial charge is 0.244 e. The van der Waals surface area contributed by atoms with E-state index in [2.05, 4.69) is 5.32 Å². The molecule has 1 unspecified atom stereocenters. The van der Waals surface area contributed by atoms with Crippen molar-refractivity contribution in [3.63, 3.8) is 0 Å². The van der Waals surface area contributed by atoms with Gasteiger partial charge in [-0.1, -0.05) is 69.5 Å². The molecule has 1 saturated carbocycles. The van der Waals surface area contributed by atoms with E-state index in [0.29, 0.717) is 5.69 Å². The Morgan fingerprint density at radius 1 is 1.00 bits per heavy atom. The molecule has 2 aromatic carbocycles. The van der Waals surface area contributed by atoms with Gasteiger partial charge < -0.3 is 10.2 Å². The van der Waals surface area contributed by atoms with E-state index in [1.54, 1.807) is 37.3 Å². The van der Waals surface area contributed by atoms with Crippen LogP contribution in [0.2, 0.25) is 0 Å². The van der Waals surface area contributed by atoms with Gasteiger partial charge in [-0.25, -0.2) is 12.8 Å². The Morgan fingerprint density at radius 2 is 1.62 bits per heavy atom. The van der Waals surface area contributed by atoms with Crippen molar-refractivity contribution in [3.8, 4) is 0 Å². The predicted molar refractivity (Wildman–Crippen MR) is 144 cm³/mol. The van der Waals surface area contributed by atoms with Crippen molar-refractivity contribution < 1.29 is 22.4 Å². The predicted octanol–water partition coefficient (Wildman–Crippen LogP) is 4.58. The lowest BCUT2D eigenvalue weighted by molar-refractivity contribution is -0.139. The molecule has 9 heteroatoms. The molecule has 1 aliphatic rings. The normalized spacial score (nSPS) is 15.3. The second-order valence-electron chi connectivity index (χ2n) is 10.1. The van der Waals surface area contributed by atoms with Gasteiger partial charge in [-0.05, 0) is 43.4 Å². The van der Waals surface area contributed by atoms with Gasteiger partial charge in [-0.2, -0.15) is 0 Å². The number of rotatable bonds is 10. The van der Waals surface area contributed by atoms with Crippen LogP contribution in [0.15, 0.2) is 48.5 Å². The van der Waals surface area contributed by atoms with Crippen molar-refractivity contribution in [2.24, 2.45) is 0 Å². The average molecular weight is 532 g/mol. The summed E-state index contributed by atoms with van der Waals surface area (Å²) in [4.78, 5) is 28.2. The zero-order chi connectivity index (χ0) is 27.2. The number of para-hydroxylation sites is 1. The van der Waals surface area contributed by atoms with Crippen molar-refractivity contribution in [1.29, 1.82) is 0 Å². The largest absolute Gasteiger partial charge is 0.352 e. The fraction of sp³-hybridized carbons (Fsp3) is 0.500. The second kappa shape index (κ2) is 12.5. The van der Waals surface area contributed by atoms with Crippen molar-refractivity contribution in [1.82, 2.24) is 10.2 Å². The lowest BCUT2D eigenvalue weighted by Gasteiger charge is -2.33. The molecular weight excluding hydrogens is 493 g/mol. The first-order valence-corrected chi connectivity index (χ1v) is 14.7. The zero-order valence-corrected chi connectivity index (χ0v) is 22.9. The highest BCUT2D eigenvalue weighted by atomic mass is 32.2. The monoisotopic (exact) mass is 531 g/mol. The Hall–Kier alpha value is -2.94. The molecule has 0 saturated heterocycles. The number of halogens is 1. The van der Waals surface area contributed by atoms with Crippen LogP contribution in [0, 0.1) is 5.82 Å². The number of amides is 2. The molecule has 37 heavy (non-hydrogen) atoms. The number of anilines is 1. The first kappa shape index (κ1) is 28.6. The van der Waals surface area contributed by atoms with E-state index >= 15 is 0 Å². The Labute approximate surface area is 220 Å². The molecule has 0 aromatic heterocycles. The van der Waals surface area contributed by atoms with Gasteiger partial charge >= 0.3 is 0 Å². The quantitative estimate of drug-likeness (QED) is 0.486. The SMILES string of the molecule is CC(C)c1ccccc1N(CC(=O)N(Cc1ccccc1F)C(C)C(=O)NC1CCCCC1)S(C)(=O)=O. The summed E-state index contributed by atoms with van der Waals surface area (Å²) >= 11 is 0. The number of benzene rings is 2. The van der Waals surface area contributed by atoms with Gasteiger partial charge in [-0.3, -0.25) is 13.9 Å². The minimum Gasteiger partial charge on any atom is -0.352 e. The van der Waals surface area contributed by atoms with E-state index in [4.69, 9.17) is 0 Å². The number of carbonyl (C=O) groups excluding carboxylic acids is 2. The zero-order valence-electron chi connectivity index (χ0n) is 22.1. The molecule has 1 aliphatic carbocycles. The highest BCUT2D eigenvalue weighted by molar-refractivity contribution is 7.92. The van der Waals surface area contributed by atoms with Gasteiger partial charge in [0.05, 0.1) is 11.9 Å². The number of sulfonamides is 1. The highest BCUT2D eigenvalue weighted by Crippen LogP contribution is 2.29. The summed E-state index contributed by atoms with van der Waals surface area (Å²) in [6.45, 7) is 4.84. The van der Waals surface area contributed by atoms with Gasteiger partial charge in [0.2, 0.25) is 21.8 Å². The number of carbonyl (C=O) groups is 2. The summed E-state index contributed by atoms with van der Waals surface area (Å²) < 4.78 is 41.4. The molecule has 1 fully saturated rings. The van der Waals surface area contributed by atoms with E-state index in [1.807, 2.05) is 26.0 Å². The molecular formula is C28H38FN3O4S. The number of hydrogen-bond donors (Lipinski definition) is 1. The van der Waals surface area contributed by atoms with Crippen molar-refractivity contribution >= 4 is 27.5 Å². The third-order valence-electron chi connectivity index (χ3n) is 6.92. The van der Waals surface area contributed by atoms with Crippen molar-refractivity contribution in [2.75, 3.05) is 17.1 Å². The number of hydrogen-bond acceptors (Lipinski definition) is 4. The van der Waals surface area contributed by atoms with Crippen molar-refractivity contribution in [2.45, 2.75) is 77.4 Å². The van der Waals surface area contributed by atoms with Crippen LogP contribution in [0.3, 0.4) is 0 Å². The van der Waals surface area contributed by atoms with E-state index < -0.39 is 34.3 Å². The minimum absolute atomic E-state index is 0.0188. The van der Waals surface area contributed by atoms with Crippen LogP contribution in [0.25, 0.3) is 0 Å². The van der Waals surface area contributed by atoms with Crippen LogP contribution in [0.4, 0.5) is 10.1 Å². The lowest BCUT2D eigenvalue weighted by atomic mass is 9.95. The third kappa shape index (κ3) is 7.53. The van der Waals surface area contributed by atoms with Gasteiger partial charge in [0.25, 0.3) is 0 Å². The average Bonchev–Trinajstić information content (AvgIpc) is 2.86. The summed E-state index contributed by atoms with van der Waals surface area (Å²) in [5.41, 5.74) is 1.45. The summed E-state index contributed by atoms with van der Waals surface area (Å²) in [6, 6.07) is 12.2. The topological polar surface area (TPSA) is 86.8 Å².